The SMILES string of the molecule is COc1ccccc1[C@@H](C)NC(=O)[C@H]1CCN(S(C)(=O)=O)c2ccccc2O1. The van der Waals surface area contributed by atoms with E-state index in [0.29, 0.717) is 17.2 Å². The zero-order valence-electron chi connectivity index (χ0n) is 16.1. The minimum atomic E-state index is -3.48. The summed E-state index contributed by atoms with van der Waals surface area (Å²) >= 11 is 0. The first-order chi connectivity index (χ1) is 13.3. The van der Waals surface area contributed by atoms with Gasteiger partial charge in [0.15, 0.2) is 6.10 Å². The van der Waals surface area contributed by atoms with Crippen LogP contribution in [0.25, 0.3) is 0 Å². The molecule has 2 aromatic rings. The summed E-state index contributed by atoms with van der Waals surface area (Å²) in [6.45, 7) is 2.03. The molecule has 150 valence electrons. The van der Waals surface area contributed by atoms with Crippen LogP contribution < -0.4 is 19.1 Å². The molecule has 0 aliphatic carbocycles. The van der Waals surface area contributed by atoms with Gasteiger partial charge in [-0.15, -0.1) is 0 Å². The number of benzene rings is 2. The van der Waals surface area contributed by atoms with E-state index >= 15 is 0 Å². The number of nitrogens with zero attached hydrogens (tertiary/aromatic N) is 1. The molecule has 0 bridgehead atoms. The molecule has 3 rings (SSSR count). The molecule has 1 N–H and O–H groups in total. The van der Waals surface area contributed by atoms with E-state index in [-0.39, 0.29) is 24.9 Å². The lowest BCUT2D eigenvalue weighted by molar-refractivity contribution is -0.128. The van der Waals surface area contributed by atoms with Crippen molar-refractivity contribution in [2.75, 3.05) is 24.2 Å². The topological polar surface area (TPSA) is 84.9 Å². The Hall–Kier alpha value is -2.74. The van der Waals surface area contributed by atoms with Crippen molar-refractivity contribution in [3.63, 3.8) is 0 Å². The monoisotopic (exact) mass is 404 g/mol. The third kappa shape index (κ3) is 4.22. The molecule has 7 nitrogen and oxygen atoms in total. The first-order valence-electron chi connectivity index (χ1n) is 8.98. The van der Waals surface area contributed by atoms with E-state index in [0.717, 1.165) is 11.8 Å². The summed E-state index contributed by atoms with van der Waals surface area (Å²) in [7, 11) is -1.90. The number of amides is 1. The van der Waals surface area contributed by atoms with Gasteiger partial charge in [-0.2, -0.15) is 0 Å². The second kappa shape index (κ2) is 8.10. The molecule has 8 heteroatoms. The quantitative estimate of drug-likeness (QED) is 0.828. The summed E-state index contributed by atoms with van der Waals surface area (Å²) in [6, 6.07) is 14.0. The molecule has 1 heterocycles. The van der Waals surface area contributed by atoms with Gasteiger partial charge in [0.2, 0.25) is 10.0 Å². The van der Waals surface area contributed by atoms with Crippen molar-refractivity contribution in [2.24, 2.45) is 0 Å². The number of para-hydroxylation sites is 3. The van der Waals surface area contributed by atoms with E-state index in [4.69, 9.17) is 9.47 Å². The average Bonchev–Trinajstić information content (AvgIpc) is 2.87. The summed E-state index contributed by atoms with van der Waals surface area (Å²) in [5.74, 6) is 0.754. The van der Waals surface area contributed by atoms with Gasteiger partial charge in [0.1, 0.15) is 11.5 Å². The Morgan fingerprint density at radius 2 is 1.89 bits per heavy atom. The van der Waals surface area contributed by atoms with Gasteiger partial charge in [0.25, 0.3) is 5.91 Å². The molecule has 28 heavy (non-hydrogen) atoms. The Balaban J connectivity index is 1.80. The van der Waals surface area contributed by atoms with Crippen molar-refractivity contribution in [1.29, 1.82) is 0 Å². The van der Waals surface area contributed by atoms with Gasteiger partial charge in [0, 0.05) is 18.5 Å². The summed E-state index contributed by atoms with van der Waals surface area (Å²) in [5.41, 5.74) is 1.29. The van der Waals surface area contributed by atoms with Gasteiger partial charge in [-0.1, -0.05) is 30.3 Å². The first-order valence-corrected chi connectivity index (χ1v) is 10.8. The number of sulfonamides is 1. The number of methoxy groups -OCH3 is 1. The van der Waals surface area contributed by atoms with Crippen molar-refractivity contribution < 1.29 is 22.7 Å². The maximum atomic E-state index is 12.9. The lowest BCUT2D eigenvalue weighted by atomic mass is 10.1. The number of fused-ring (bicyclic) bond motifs is 1. The number of nitrogens with one attached hydrogen (secondary N) is 1. The number of hydrogen-bond acceptors (Lipinski definition) is 5. The number of carbonyl (C=O) groups is 1. The first kappa shape index (κ1) is 20.0. The molecule has 1 amide bonds. The molecular weight excluding hydrogens is 380 g/mol. The van der Waals surface area contributed by atoms with Crippen LogP contribution in [-0.4, -0.2) is 40.3 Å². The van der Waals surface area contributed by atoms with Crippen LogP contribution in [0.2, 0.25) is 0 Å². The molecule has 0 unspecified atom stereocenters. The van der Waals surface area contributed by atoms with Crippen LogP contribution in [0.1, 0.15) is 24.9 Å². The highest BCUT2D eigenvalue weighted by molar-refractivity contribution is 7.92. The second-order valence-electron chi connectivity index (χ2n) is 6.67. The maximum Gasteiger partial charge on any atom is 0.261 e. The van der Waals surface area contributed by atoms with Crippen LogP contribution in [0.5, 0.6) is 11.5 Å². The van der Waals surface area contributed by atoms with Crippen molar-refractivity contribution in [1.82, 2.24) is 5.32 Å². The van der Waals surface area contributed by atoms with E-state index in [2.05, 4.69) is 5.32 Å². The number of carbonyl (C=O) groups excluding carboxylic acids is 1. The fourth-order valence-corrected chi connectivity index (χ4v) is 4.21. The van der Waals surface area contributed by atoms with Crippen LogP contribution >= 0.6 is 0 Å². The second-order valence-corrected chi connectivity index (χ2v) is 8.58. The van der Waals surface area contributed by atoms with Gasteiger partial charge in [-0.3, -0.25) is 9.10 Å². The molecular formula is C20H24N2O5S. The molecule has 0 radical (unpaired) electrons. The fraction of sp³-hybridized carbons (Fsp3) is 0.350. The average molecular weight is 404 g/mol. The van der Waals surface area contributed by atoms with E-state index < -0.39 is 16.1 Å². The number of hydrogen-bond donors (Lipinski definition) is 1. The van der Waals surface area contributed by atoms with Gasteiger partial charge >= 0.3 is 0 Å². The van der Waals surface area contributed by atoms with Crippen molar-refractivity contribution in [3.8, 4) is 11.5 Å². The van der Waals surface area contributed by atoms with Gasteiger partial charge in [-0.05, 0) is 25.1 Å². The Labute approximate surface area is 165 Å². The molecule has 2 aromatic carbocycles. The molecule has 0 saturated heterocycles. The molecule has 0 saturated carbocycles. The van der Waals surface area contributed by atoms with Crippen LogP contribution in [-0.2, 0) is 14.8 Å². The lowest BCUT2D eigenvalue weighted by Crippen LogP contribution is -2.40. The summed E-state index contributed by atoms with van der Waals surface area (Å²) in [5, 5.41) is 2.94. The molecule has 0 aromatic heterocycles. The fourth-order valence-electron chi connectivity index (χ4n) is 3.27. The maximum absolute atomic E-state index is 12.9. The standard InChI is InChI=1S/C20H24N2O5S/c1-14(15-8-4-6-10-17(15)26-2)21-20(23)19-12-13-22(28(3,24)25)16-9-5-7-11-18(16)27-19/h4-11,14,19H,12-13H2,1-3H3,(H,21,23)/t14-,19-/m1/s1. The number of rotatable bonds is 5. The highest BCUT2D eigenvalue weighted by atomic mass is 32.2. The van der Waals surface area contributed by atoms with Gasteiger partial charge in [-0.25, -0.2) is 8.42 Å². The molecule has 1 aliphatic rings. The van der Waals surface area contributed by atoms with Crippen LogP contribution in [0, 0.1) is 0 Å². The van der Waals surface area contributed by atoms with Gasteiger partial charge < -0.3 is 14.8 Å². The van der Waals surface area contributed by atoms with E-state index in [1.54, 1.807) is 31.4 Å². The van der Waals surface area contributed by atoms with Crippen LogP contribution in [0.4, 0.5) is 5.69 Å². The van der Waals surface area contributed by atoms with Crippen molar-refractivity contribution >= 4 is 21.6 Å². The van der Waals surface area contributed by atoms with Crippen molar-refractivity contribution in [3.05, 3.63) is 54.1 Å². The third-order valence-corrected chi connectivity index (χ3v) is 5.83. The largest absolute Gasteiger partial charge is 0.496 e. The minimum Gasteiger partial charge on any atom is -0.496 e. The Morgan fingerprint density at radius 3 is 2.61 bits per heavy atom. The normalized spacial score (nSPS) is 17.7. The Bertz CT molecular complexity index is 961. The predicted molar refractivity (Wildman–Crippen MR) is 107 cm³/mol. The lowest BCUT2D eigenvalue weighted by Gasteiger charge is -2.21. The van der Waals surface area contributed by atoms with Crippen LogP contribution in [0.3, 0.4) is 0 Å². The van der Waals surface area contributed by atoms with E-state index in [1.165, 1.54) is 4.31 Å². The zero-order chi connectivity index (χ0) is 20.3. The third-order valence-electron chi connectivity index (χ3n) is 4.65. The molecule has 0 fully saturated rings. The Morgan fingerprint density at radius 1 is 1.21 bits per heavy atom. The molecule has 1 aliphatic heterocycles. The smallest absolute Gasteiger partial charge is 0.261 e. The number of anilines is 1. The molecule has 2 atom stereocenters. The Kier molecular flexibility index (Phi) is 5.79. The highest BCUT2D eigenvalue weighted by Gasteiger charge is 2.31. The minimum absolute atomic E-state index is 0.164. The van der Waals surface area contributed by atoms with Crippen molar-refractivity contribution in [2.45, 2.75) is 25.5 Å². The van der Waals surface area contributed by atoms with E-state index in [9.17, 15) is 13.2 Å². The highest BCUT2D eigenvalue weighted by Crippen LogP contribution is 2.34. The van der Waals surface area contributed by atoms with E-state index in [1.807, 2.05) is 31.2 Å². The van der Waals surface area contributed by atoms with Crippen LogP contribution in [0.15, 0.2) is 48.5 Å². The van der Waals surface area contributed by atoms with Gasteiger partial charge in [0.05, 0.1) is 25.1 Å². The predicted octanol–water partition coefficient (Wildman–Crippen LogP) is 2.49. The summed E-state index contributed by atoms with van der Waals surface area (Å²) in [4.78, 5) is 12.9. The molecule has 0 spiro atoms. The number of ether oxygens (including phenoxy) is 2. The summed E-state index contributed by atoms with van der Waals surface area (Å²) < 4.78 is 36.9. The zero-order valence-corrected chi connectivity index (χ0v) is 16.9. The summed E-state index contributed by atoms with van der Waals surface area (Å²) in [6.07, 6.45) is 0.588.